The minimum Gasteiger partial charge on any atom is -0.491 e. The summed E-state index contributed by atoms with van der Waals surface area (Å²) in [5.74, 6) is -0.232. The molecule has 4 heteroatoms. The summed E-state index contributed by atoms with van der Waals surface area (Å²) < 4.78 is 18.6. The number of hydrogen-bond acceptors (Lipinski definition) is 2. The van der Waals surface area contributed by atoms with Gasteiger partial charge in [-0.05, 0) is 31.0 Å². The zero-order valence-corrected chi connectivity index (χ0v) is 10.4. The number of nitrogens with one attached hydrogen (secondary N) is 1. The molecule has 0 aliphatic rings. The Labute approximate surface area is 101 Å². The van der Waals surface area contributed by atoms with Gasteiger partial charge in [0.15, 0.2) is 11.6 Å². The van der Waals surface area contributed by atoms with Crippen molar-refractivity contribution < 1.29 is 13.9 Å². The molecule has 0 bridgehead atoms. The van der Waals surface area contributed by atoms with Crippen LogP contribution in [0.5, 0.6) is 5.75 Å². The maximum Gasteiger partial charge on any atom is 0.251 e. The first-order valence-corrected chi connectivity index (χ1v) is 5.75. The molecule has 0 radical (unpaired) electrons. The van der Waals surface area contributed by atoms with E-state index in [-0.39, 0.29) is 11.7 Å². The first-order chi connectivity index (χ1) is 8.04. The molecule has 1 rings (SSSR count). The van der Waals surface area contributed by atoms with E-state index in [2.05, 4.69) is 5.32 Å². The van der Waals surface area contributed by atoms with Gasteiger partial charge in [-0.3, -0.25) is 4.79 Å². The Morgan fingerprint density at radius 1 is 1.47 bits per heavy atom. The van der Waals surface area contributed by atoms with Crippen LogP contribution in [0.15, 0.2) is 18.2 Å². The first-order valence-electron chi connectivity index (χ1n) is 5.75. The fourth-order valence-corrected chi connectivity index (χ4v) is 1.31. The minimum absolute atomic E-state index is 0.174. The molecule has 17 heavy (non-hydrogen) atoms. The molecule has 0 aliphatic carbocycles. The molecule has 1 aromatic rings. The maximum atomic E-state index is 13.5. The summed E-state index contributed by atoms with van der Waals surface area (Å²) in [6.45, 7) is 6.75. The molecule has 3 nitrogen and oxygen atoms in total. The highest BCUT2D eigenvalue weighted by Crippen LogP contribution is 2.18. The molecule has 94 valence electrons. The van der Waals surface area contributed by atoms with E-state index in [0.29, 0.717) is 24.6 Å². The van der Waals surface area contributed by atoms with Crippen LogP contribution in [0.2, 0.25) is 0 Å². The number of carbonyl (C=O) groups is 1. The lowest BCUT2D eigenvalue weighted by Crippen LogP contribution is -2.27. The predicted molar refractivity (Wildman–Crippen MR) is 64.7 cm³/mol. The van der Waals surface area contributed by atoms with Crippen LogP contribution in [0.4, 0.5) is 4.39 Å². The van der Waals surface area contributed by atoms with E-state index in [1.54, 1.807) is 13.0 Å². The molecular weight excluding hydrogens is 221 g/mol. The normalized spacial score (nSPS) is 10.4. The zero-order valence-electron chi connectivity index (χ0n) is 10.4. The van der Waals surface area contributed by atoms with Crippen LogP contribution in [0.3, 0.4) is 0 Å². The predicted octanol–water partition coefficient (Wildman–Crippen LogP) is 2.61. The van der Waals surface area contributed by atoms with Gasteiger partial charge in [-0.2, -0.15) is 0 Å². The number of hydrogen-bond donors (Lipinski definition) is 1. The topological polar surface area (TPSA) is 38.3 Å². The van der Waals surface area contributed by atoms with Gasteiger partial charge >= 0.3 is 0 Å². The van der Waals surface area contributed by atoms with Crippen molar-refractivity contribution in [3.8, 4) is 5.75 Å². The van der Waals surface area contributed by atoms with Crippen molar-refractivity contribution in [1.29, 1.82) is 0 Å². The number of rotatable bonds is 5. The molecule has 0 saturated carbocycles. The standard InChI is InChI=1S/C13H18FNO2/c1-4-17-12-6-5-10(7-11(12)14)13(16)15-8-9(2)3/h5-7,9H,4,8H2,1-3H3,(H,15,16). The summed E-state index contributed by atoms with van der Waals surface area (Å²) in [6.07, 6.45) is 0. The second kappa shape index (κ2) is 6.23. The molecule has 0 saturated heterocycles. The molecule has 0 heterocycles. The van der Waals surface area contributed by atoms with Crippen LogP contribution in [-0.4, -0.2) is 19.1 Å². The molecule has 0 spiro atoms. The Hall–Kier alpha value is -1.58. The van der Waals surface area contributed by atoms with Crippen molar-refractivity contribution >= 4 is 5.91 Å². The number of ether oxygens (including phenoxy) is 1. The summed E-state index contributed by atoms with van der Waals surface area (Å²) in [7, 11) is 0. The second-order valence-corrected chi connectivity index (χ2v) is 4.18. The molecule has 0 aromatic heterocycles. The van der Waals surface area contributed by atoms with Crippen LogP contribution in [0, 0.1) is 11.7 Å². The summed E-state index contributed by atoms with van der Waals surface area (Å²) >= 11 is 0. The van der Waals surface area contributed by atoms with Gasteiger partial charge in [0, 0.05) is 12.1 Å². The highest BCUT2D eigenvalue weighted by Gasteiger charge is 2.10. The van der Waals surface area contributed by atoms with Crippen molar-refractivity contribution in [2.75, 3.05) is 13.2 Å². The van der Waals surface area contributed by atoms with E-state index in [1.165, 1.54) is 12.1 Å². The second-order valence-electron chi connectivity index (χ2n) is 4.18. The van der Waals surface area contributed by atoms with Crippen LogP contribution in [0.25, 0.3) is 0 Å². The smallest absolute Gasteiger partial charge is 0.251 e. The highest BCUT2D eigenvalue weighted by atomic mass is 19.1. The molecule has 1 amide bonds. The van der Waals surface area contributed by atoms with E-state index in [4.69, 9.17) is 4.74 Å². The van der Waals surface area contributed by atoms with Crippen molar-refractivity contribution in [1.82, 2.24) is 5.32 Å². The van der Waals surface area contributed by atoms with Crippen molar-refractivity contribution in [3.05, 3.63) is 29.6 Å². The van der Waals surface area contributed by atoms with Crippen LogP contribution in [0.1, 0.15) is 31.1 Å². The van der Waals surface area contributed by atoms with Gasteiger partial charge in [0.1, 0.15) is 0 Å². The van der Waals surface area contributed by atoms with E-state index in [9.17, 15) is 9.18 Å². The van der Waals surface area contributed by atoms with Gasteiger partial charge in [-0.15, -0.1) is 0 Å². The van der Waals surface area contributed by atoms with E-state index < -0.39 is 5.82 Å². The monoisotopic (exact) mass is 239 g/mol. The molecule has 0 unspecified atom stereocenters. The average Bonchev–Trinajstić information content (AvgIpc) is 2.28. The fourth-order valence-electron chi connectivity index (χ4n) is 1.31. The fraction of sp³-hybridized carbons (Fsp3) is 0.462. The minimum atomic E-state index is -0.510. The molecule has 1 aromatic carbocycles. The number of halogens is 1. The van der Waals surface area contributed by atoms with Gasteiger partial charge < -0.3 is 10.1 Å². The Bertz CT molecular complexity index is 391. The maximum absolute atomic E-state index is 13.5. The summed E-state index contributed by atoms with van der Waals surface area (Å²) in [5, 5.41) is 2.73. The quantitative estimate of drug-likeness (QED) is 0.857. The zero-order chi connectivity index (χ0) is 12.8. The Morgan fingerprint density at radius 3 is 2.71 bits per heavy atom. The molecule has 0 fully saturated rings. The lowest BCUT2D eigenvalue weighted by atomic mass is 10.1. The summed E-state index contributed by atoms with van der Waals surface area (Å²) in [4.78, 5) is 11.7. The van der Waals surface area contributed by atoms with Gasteiger partial charge in [0.05, 0.1) is 6.61 Å². The lowest BCUT2D eigenvalue weighted by Gasteiger charge is -2.09. The van der Waals surface area contributed by atoms with Gasteiger partial charge in [-0.25, -0.2) is 4.39 Å². The van der Waals surface area contributed by atoms with Gasteiger partial charge in [-0.1, -0.05) is 13.8 Å². The highest BCUT2D eigenvalue weighted by molar-refractivity contribution is 5.94. The average molecular weight is 239 g/mol. The first kappa shape index (κ1) is 13.5. The largest absolute Gasteiger partial charge is 0.491 e. The number of amides is 1. The van der Waals surface area contributed by atoms with Crippen molar-refractivity contribution in [3.63, 3.8) is 0 Å². The Balaban J connectivity index is 2.72. The van der Waals surface area contributed by atoms with E-state index >= 15 is 0 Å². The van der Waals surface area contributed by atoms with Crippen LogP contribution < -0.4 is 10.1 Å². The third kappa shape index (κ3) is 4.06. The van der Waals surface area contributed by atoms with E-state index in [0.717, 1.165) is 0 Å². The Kier molecular flexibility index (Phi) is 4.94. The van der Waals surface area contributed by atoms with Crippen molar-refractivity contribution in [2.24, 2.45) is 5.92 Å². The number of benzene rings is 1. The molecule has 0 atom stereocenters. The van der Waals surface area contributed by atoms with E-state index in [1.807, 2.05) is 13.8 Å². The Morgan fingerprint density at radius 2 is 2.18 bits per heavy atom. The third-order valence-corrected chi connectivity index (χ3v) is 2.16. The summed E-state index contributed by atoms with van der Waals surface area (Å²) in [6, 6.07) is 4.23. The lowest BCUT2D eigenvalue weighted by molar-refractivity contribution is 0.0948. The van der Waals surface area contributed by atoms with Crippen LogP contribution in [-0.2, 0) is 0 Å². The molecule has 0 aliphatic heterocycles. The van der Waals surface area contributed by atoms with Gasteiger partial charge in [0.25, 0.3) is 5.91 Å². The molecule has 1 N–H and O–H groups in total. The van der Waals surface area contributed by atoms with Crippen molar-refractivity contribution in [2.45, 2.75) is 20.8 Å². The molecular formula is C13H18FNO2. The van der Waals surface area contributed by atoms with Crippen LogP contribution >= 0.6 is 0 Å². The summed E-state index contributed by atoms with van der Waals surface area (Å²) in [5.41, 5.74) is 0.312. The number of carbonyl (C=O) groups excluding carboxylic acids is 1. The van der Waals surface area contributed by atoms with Gasteiger partial charge in [0.2, 0.25) is 0 Å². The SMILES string of the molecule is CCOc1ccc(C(=O)NCC(C)C)cc1F. The third-order valence-electron chi connectivity index (χ3n) is 2.16.